The number of piperidine rings is 1. The smallest absolute Gasteiger partial charge is 0.178 e. The Morgan fingerprint density at radius 1 is 1.03 bits per heavy atom. The van der Waals surface area contributed by atoms with E-state index in [4.69, 9.17) is 9.72 Å². The molecule has 10 nitrogen and oxygen atoms in total. The number of fused-ring (bicyclic) bond motifs is 3. The third-order valence-corrected chi connectivity index (χ3v) is 6.91. The number of imidazole rings is 1. The Morgan fingerprint density at radius 2 is 1.86 bits per heavy atom. The average molecular weight is 474 g/mol. The van der Waals surface area contributed by atoms with Gasteiger partial charge in [-0.05, 0) is 65.9 Å². The van der Waals surface area contributed by atoms with E-state index in [0.717, 1.165) is 71.8 Å². The predicted molar refractivity (Wildman–Crippen MR) is 132 cm³/mol. The Labute approximate surface area is 204 Å². The van der Waals surface area contributed by atoms with Crippen molar-refractivity contribution in [1.29, 1.82) is 0 Å². The number of aryl methyl sites for hydroxylation is 1. The summed E-state index contributed by atoms with van der Waals surface area (Å²) < 4.78 is 12.4. The van der Waals surface area contributed by atoms with Crippen molar-refractivity contribution in [3.05, 3.63) is 36.5 Å². The molecule has 10 heteroatoms. The standard InChI is InChI=1S/C25H31N9O/c1-16(2)33-25(28-17(3)30-33)21-14-32-11-12-35-22-13-18(5-6-20(22)24(32)29-21)23-26-15-27-34(23)19-7-9-31(4)10-8-19/h5-6,13-16,19H,7-12H2,1-4H3. The first kappa shape index (κ1) is 22.0. The molecule has 0 amide bonds. The van der Waals surface area contributed by atoms with Gasteiger partial charge in [0.05, 0.1) is 18.2 Å². The highest BCUT2D eigenvalue weighted by molar-refractivity contribution is 5.73. The second kappa shape index (κ2) is 8.60. The summed E-state index contributed by atoms with van der Waals surface area (Å²) in [6.07, 6.45) is 5.87. The lowest BCUT2D eigenvalue weighted by Crippen LogP contribution is -2.32. The zero-order chi connectivity index (χ0) is 24.1. The summed E-state index contributed by atoms with van der Waals surface area (Å²) in [5.74, 6) is 4.13. The molecule has 0 bridgehead atoms. The molecule has 35 heavy (non-hydrogen) atoms. The van der Waals surface area contributed by atoms with E-state index in [1.54, 1.807) is 6.33 Å². The molecule has 6 rings (SSSR count). The average Bonchev–Trinajstić information content (AvgIpc) is 3.56. The van der Waals surface area contributed by atoms with Crippen molar-refractivity contribution in [2.75, 3.05) is 26.7 Å². The first-order valence-corrected chi connectivity index (χ1v) is 12.3. The number of rotatable bonds is 4. The Balaban J connectivity index is 1.36. The molecule has 0 radical (unpaired) electrons. The topological polar surface area (TPSA) is 91.7 Å². The van der Waals surface area contributed by atoms with Crippen LogP contribution in [0, 0.1) is 6.92 Å². The Bertz CT molecular complexity index is 1360. The molecule has 1 aromatic carbocycles. The monoisotopic (exact) mass is 473 g/mol. The van der Waals surface area contributed by atoms with E-state index in [0.29, 0.717) is 19.2 Å². The van der Waals surface area contributed by atoms with Crippen LogP contribution >= 0.6 is 0 Å². The van der Waals surface area contributed by atoms with Crippen LogP contribution in [0.2, 0.25) is 0 Å². The van der Waals surface area contributed by atoms with Crippen LogP contribution in [0.5, 0.6) is 5.75 Å². The quantitative estimate of drug-likeness (QED) is 0.447. The lowest BCUT2D eigenvalue weighted by molar-refractivity contribution is 0.213. The fourth-order valence-electron chi connectivity index (χ4n) is 5.06. The van der Waals surface area contributed by atoms with E-state index >= 15 is 0 Å². The summed E-state index contributed by atoms with van der Waals surface area (Å²) in [7, 11) is 2.17. The minimum absolute atomic E-state index is 0.202. The van der Waals surface area contributed by atoms with E-state index in [2.05, 4.69) is 79.6 Å². The van der Waals surface area contributed by atoms with Crippen LogP contribution < -0.4 is 4.74 Å². The maximum absolute atomic E-state index is 6.18. The lowest BCUT2D eigenvalue weighted by atomic mass is 10.0. The van der Waals surface area contributed by atoms with Crippen LogP contribution in [0.3, 0.4) is 0 Å². The lowest BCUT2D eigenvalue weighted by Gasteiger charge is -2.29. The summed E-state index contributed by atoms with van der Waals surface area (Å²) in [4.78, 5) is 16.6. The van der Waals surface area contributed by atoms with Crippen LogP contribution in [0.25, 0.3) is 34.3 Å². The molecule has 3 aromatic heterocycles. The van der Waals surface area contributed by atoms with Crippen molar-refractivity contribution in [3.63, 3.8) is 0 Å². The summed E-state index contributed by atoms with van der Waals surface area (Å²) in [6.45, 7) is 9.56. The first-order valence-electron chi connectivity index (χ1n) is 12.3. The maximum Gasteiger partial charge on any atom is 0.178 e. The fraction of sp³-hybridized carbons (Fsp3) is 0.480. The summed E-state index contributed by atoms with van der Waals surface area (Å²) in [6, 6.07) is 6.84. The maximum atomic E-state index is 6.18. The van der Waals surface area contributed by atoms with Crippen LogP contribution in [0.4, 0.5) is 0 Å². The molecule has 4 aromatic rings. The van der Waals surface area contributed by atoms with Gasteiger partial charge in [0.25, 0.3) is 0 Å². The Hall–Kier alpha value is -3.53. The number of aromatic nitrogens is 8. The molecule has 0 atom stereocenters. The number of nitrogens with zero attached hydrogens (tertiary/aromatic N) is 9. The molecule has 1 fully saturated rings. The largest absolute Gasteiger partial charge is 0.491 e. The fourth-order valence-corrected chi connectivity index (χ4v) is 5.06. The number of likely N-dealkylation sites (tertiary alicyclic amines) is 1. The Kier molecular flexibility index (Phi) is 5.40. The highest BCUT2D eigenvalue weighted by Crippen LogP contribution is 2.37. The highest BCUT2D eigenvalue weighted by atomic mass is 16.5. The van der Waals surface area contributed by atoms with Gasteiger partial charge < -0.3 is 14.2 Å². The minimum atomic E-state index is 0.202. The van der Waals surface area contributed by atoms with Gasteiger partial charge >= 0.3 is 0 Å². The second-order valence-corrected chi connectivity index (χ2v) is 9.79. The van der Waals surface area contributed by atoms with Gasteiger partial charge in [0.1, 0.15) is 36.0 Å². The van der Waals surface area contributed by atoms with Gasteiger partial charge in [-0.2, -0.15) is 10.2 Å². The van der Waals surface area contributed by atoms with Gasteiger partial charge in [0, 0.05) is 17.8 Å². The molecule has 1 saturated heterocycles. The van der Waals surface area contributed by atoms with Gasteiger partial charge in [0.15, 0.2) is 11.6 Å². The number of benzene rings is 1. The van der Waals surface area contributed by atoms with Gasteiger partial charge in [-0.1, -0.05) is 6.07 Å². The number of ether oxygens (including phenoxy) is 1. The highest BCUT2D eigenvalue weighted by Gasteiger charge is 2.25. The molecule has 0 saturated carbocycles. The minimum Gasteiger partial charge on any atom is -0.491 e. The number of hydrogen-bond acceptors (Lipinski definition) is 7. The zero-order valence-corrected chi connectivity index (χ0v) is 20.7. The predicted octanol–water partition coefficient (Wildman–Crippen LogP) is 3.62. The van der Waals surface area contributed by atoms with Crippen molar-refractivity contribution in [2.45, 2.75) is 52.2 Å². The van der Waals surface area contributed by atoms with Crippen molar-refractivity contribution in [2.24, 2.45) is 0 Å². The number of hydrogen-bond donors (Lipinski definition) is 0. The molecule has 5 heterocycles. The molecular formula is C25H31N9O. The van der Waals surface area contributed by atoms with Crippen LogP contribution in [-0.4, -0.2) is 70.7 Å². The Morgan fingerprint density at radius 3 is 2.66 bits per heavy atom. The SMILES string of the molecule is Cc1nc(-c2cn3c(n2)-c2ccc(-c4ncnn4C4CCN(C)CC4)cc2OCC3)n(C(C)C)n1. The van der Waals surface area contributed by atoms with Crippen molar-refractivity contribution >= 4 is 0 Å². The second-order valence-electron chi connectivity index (χ2n) is 9.79. The zero-order valence-electron chi connectivity index (χ0n) is 20.7. The van der Waals surface area contributed by atoms with E-state index in [-0.39, 0.29) is 6.04 Å². The van der Waals surface area contributed by atoms with Gasteiger partial charge in [-0.3, -0.25) is 0 Å². The molecule has 0 spiro atoms. The van der Waals surface area contributed by atoms with E-state index in [1.807, 2.05) is 11.6 Å². The van der Waals surface area contributed by atoms with Gasteiger partial charge in [-0.25, -0.2) is 24.3 Å². The van der Waals surface area contributed by atoms with Gasteiger partial charge in [-0.15, -0.1) is 0 Å². The normalized spacial score (nSPS) is 16.7. The third-order valence-electron chi connectivity index (χ3n) is 6.91. The molecule has 0 aliphatic carbocycles. The first-order chi connectivity index (χ1) is 17.0. The summed E-state index contributed by atoms with van der Waals surface area (Å²) >= 11 is 0. The van der Waals surface area contributed by atoms with Crippen molar-refractivity contribution < 1.29 is 4.74 Å². The van der Waals surface area contributed by atoms with E-state index in [9.17, 15) is 0 Å². The molecule has 2 aliphatic heterocycles. The van der Waals surface area contributed by atoms with Crippen molar-refractivity contribution in [1.82, 2.24) is 44.0 Å². The molecule has 2 aliphatic rings. The summed E-state index contributed by atoms with van der Waals surface area (Å²) in [5, 5.41) is 9.14. The molecule has 0 N–H and O–H groups in total. The molecule has 182 valence electrons. The molecule has 0 unspecified atom stereocenters. The van der Waals surface area contributed by atoms with Crippen LogP contribution in [0.1, 0.15) is 44.6 Å². The van der Waals surface area contributed by atoms with E-state index < -0.39 is 0 Å². The summed E-state index contributed by atoms with van der Waals surface area (Å²) in [5.41, 5.74) is 2.80. The van der Waals surface area contributed by atoms with E-state index in [1.165, 1.54) is 0 Å². The van der Waals surface area contributed by atoms with Crippen LogP contribution in [0.15, 0.2) is 30.7 Å². The van der Waals surface area contributed by atoms with Crippen LogP contribution in [-0.2, 0) is 6.54 Å². The third kappa shape index (κ3) is 3.91. The molecular weight excluding hydrogens is 442 g/mol. The van der Waals surface area contributed by atoms with Gasteiger partial charge in [0.2, 0.25) is 0 Å². The van der Waals surface area contributed by atoms with Crippen molar-refractivity contribution in [3.8, 4) is 40.0 Å².